The predicted octanol–water partition coefficient (Wildman–Crippen LogP) is 2.91. The lowest BCUT2D eigenvalue weighted by Gasteiger charge is -2.20. The van der Waals surface area contributed by atoms with E-state index in [9.17, 15) is 9.90 Å². The van der Waals surface area contributed by atoms with Gasteiger partial charge in [0.2, 0.25) is 0 Å². The minimum atomic E-state index is -1.25. The fraction of sp³-hybridized carbons (Fsp3) is 0.364. The fourth-order valence-corrected chi connectivity index (χ4v) is 3.22. The van der Waals surface area contributed by atoms with Gasteiger partial charge in [-0.15, -0.1) is 0 Å². The molecule has 6 heteroatoms. The van der Waals surface area contributed by atoms with E-state index in [1.54, 1.807) is 30.0 Å². The molecule has 1 aromatic carbocycles. The van der Waals surface area contributed by atoms with Gasteiger partial charge >= 0.3 is 0 Å². The number of halogens is 2. The zero-order chi connectivity index (χ0) is 12.5. The maximum atomic E-state index is 11.9. The minimum Gasteiger partial charge on any atom is -0.379 e. The monoisotopic (exact) mass is 335 g/mol. The maximum absolute atomic E-state index is 11.9. The Morgan fingerprint density at radius 2 is 2.35 bits per heavy atom. The first-order valence-corrected chi connectivity index (χ1v) is 7.40. The van der Waals surface area contributed by atoms with Crippen LogP contribution in [0.15, 0.2) is 22.7 Å². The van der Waals surface area contributed by atoms with E-state index in [1.807, 2.05) is 0 Å². The van der Waals surface area contributed by atoms with E-state index in [1.165, 1.54) is 0 Å². The molecule has 3 nitrogen and oxygen atoms in total. The number of rotatable bonds is 2. The van der Waals surface area contributed by atoms with Crippen LogP contribution in [0.4, 0.5) is 5.69 Å². The first-order valence-electron chi connectivity index (χ1n) is 5.08. The fourth-order valence-electron chi connectivity index (χ4n) is 1.55. The van der Waals surface area contributed by atoms with Crippen LogP contribution < -0.4 is 5.32 Å². The van der Waals surface area contributed by atoms with Crippen molar-refractivity contribution in [1.82, 2.24) is 0 Å². The van der Waals surface area contributed by atoms with Gasteiger partial charge in [-0.05, 0) is 46.3 Å². The topological polar surface area (TPSA) is 49.3 Å². The van der Waals surface area contributed by atoms with Crippen LogP contribution in [0.3, 0.4) is 0 Å². The number of carbonyl (C=O) groups is 1. The Kier molecular flexibility index (Phi) is 4.02. The molecular formula is C11H11BrClNO2S. The molecule has 2 N–H and O–H groups in total. The maximum Gasteiger partial charge on any atom is 0.257 e. The van der Waals surface area contributed by atoms with Gasteiger partial charge in [-0.25, -0.2) is 0 Å². The minimum absolute atomic E-state index is 0.360. The molecule has 0 spiro atoms. The van der Waals surface area contributed by atoms with Crippen molar-refractivity contribution >= 4 is 50.9 Å². The molecule has 0 saturated carbocycles. The van der Waals surface area contributed by atoms with E-state index in [4.69, 9.17) is 11.6 Å². The number of anilines is 1. The summed E-state index contributed by atoms with van der Waals surface area (Å²) in [5.41, 5.74) is -0.655. The van der Waals surface area contributed by atoms with Crippen molar-refractivity contribution in [2.24, 2.45) is 0 Å². The quantitative estimate of drug-likeness (QED) is 0.873. The van der Waals surface area contributed by atoms with Crippen molar-refractivity contribution in [2.75, 3.05) is 16.8 Å². The van der Waals surface area contributed by atoms with E-state index in [0.29, 0.717) is 22.9 Å². The third-order valence-corrected chi connectivity index (χ3v) is 5.01. The number of amides is 1. The smallest absolute Gasteiger partial charge is 0.257 e. The van der Waals surface area contributed by atoms with E-state index in [2.05, 4.69) is 21.2 Å². The third kappa shape index (κ3) is 2.96. The molecule has 2 rings (SSSR count). The Balaban J connectivity index is 2.10. The Hall–Kier alpha value is -0.230. The highest BCUT2D eigenvalue weighted by atomic mass is 79.9. The molecule has 1 unspecified atom stereocenters. The highest BCUT2D eigenvalue weighted by molar-refractivity contribution is 9.10. The standard InChI is InChI=1S/C11H11BrClNO2S/c12-8-2-1-7(5-9(8)13)14-10(15)11(16)3-4-17-6-11/h1-2,5,16H,3-4,6H2,(H,14,15). The molecule has 1 atom stereocenters. The van der Waals surface area contributed by atoms with Crippen molar-refractivity contribution in [3.05, 3.63) is 27.7 Å². The van der Waals surface area contributed by atoms with Crippen LogP contribution in [0.5, 0.6) is 0 Å². The number of hydrogen-bond donors (Lipinski definition) is 2. The summed E-state index contributed by atoms with van der Waals surface area (Å²) in [5, 5.41) is 13.3. The van der Waals surface area contributed by atoms with Gasteiger partial charge in [-0.1, -0.05) is 11.6 Å². The number of aliphatic hydroxyl groups is 1. The number of hydrogen-bond acceptors (Lipinski definition) is 3. The van der Waals surface area contributed by atoms with Crippen molar-refractivity contribution in [1.29, 1.82) is 0 Å². The zero-order valence-electron chi connectivity index (χ0n) is 8.87. The Labute approximate surface area is 117 Å². The van der Waals surface area contributed by atoms with E-state index < -0.39 is 5.60 Å². The molecule has 1 aromatic rings. The highest BCUT2D eigenvalue weighted by Gasteiger charge is 2.39. The molecule has 1 fully saturated rings. The van der Waals surface area contributed by atoms with Crippen molar-refractivity contribution in [3.8, 4) is 0 Å². The summed E-state index contributed by atoms with van der Waals surface area (Å²) >= 11 is 10.8. The van der Waals surface area contributed by atoms with Crippen molar-refractivity contribution in [2.45, 2.75) is 12.0 Å². The van der Waals surface area contributed by atoms with Crippen LogP contribution in [0.1, 0.15) is 6.42 Å². The number of carbonyl (C=O) groups excluding carboxylic acids is 1. The first-order chi connectivity index (χ1) is 8.01. The van der Waals surface area contributed by atoms with E-state index in [0.717, 1.165) is 10.2 Å². The van der Waals surface area contributed by atoms with Gasteiger partial charge in [-0.3, -0.25) is 4.79 Å². The van der Waals surface area contributed by atoms with Gasteiger partial charge in [0.15, 0.2) is 5.60 Å². The summed E-state index contributed by atoms with van der Waals surface area (Å²) < 4.78 is 0.771. The largest absolute Gasteiger partial charge is 0.379 e. The summed E-state index contributed by atoms with van der Waals surface area (Å²) in [6.07, 6.45) is 0.494. The average Bonchev–Trinajstić information content (AvgIpc) is 2.72. The van der Waals surface area contributed by atoms with Crippen LogP contribution in [-0.4, -0.2) is 28.1 Å². The first kappa shape index (κ1) is 13.2. The number of benzene rings is 1. The van der Waals surface area contributed by atoms with E-state index in [-0.39, 0.29) is 5.91 Å². The summed E-state index contributed by atoms with van der Waals surface area (Å²) in [5.74, 6) is 0.898. The molecule has 1 heterocycles. The summed E-state index contributed by atoms with van der Waals surface area (Å²) in [6, 6.07) is 5.14. The molecule has 1 aliphatic heterocycles. The molecule has 0 bridgehead atoms. The Morgan fingerprint density at radius 1 is 1.59 bits per heavy atom. The third-order valence-electron chi connectivity index (χ3n) is 2.60. The summed E-state index contributed by atoms with van der Waals surface area (Å²) in [4.78, 5) is 11.9. The van der Waals surface area contributed by atoms with Gasteiger partial charge in [0.1, 0.15) is 0 Å². The Morgan fingerprint density at radius 3 is 2.94 bits per heavy atom. The second-order valence-corrected chi connectivity index (χ2v) is 6.28. The molecule has 1 saturated heterocycles. The van der Waals surface area contributed by atoms with Crippen LogP contribution in [0.2, 0.25) is 5.02 Å². The predicted molar refractivity (Wildman–Crippen MR) is 74.7 cm³/mol. The van der Waals surface area contributed by atoms with Crippen LogP contribution in [-0.2, 0) is 4.79 Å². The summed E-state index contributed by atoms with van der Waals surface area (Å²) in [7, 11) is 0. The lowest BCUT2D eigenvalue weighted by atomic mass is 10.0. The van der Waals surface area contributed by atoms with Gasteiger partial charge in [-0.2, -0.15) is 11.8 Å². The average molecular weight is 337 g/mol. The zero-order valence-corrected chi connectivity index (χ0v) is 12.0. The van der Waals surface area contributed by atoms with Crippen LogP contribution >= 0.6 is 39.3 Å². The molecule has 0 aromatic heterocycles. The van der Waals surface area contributed by atoms with E-state index >= 15 is 0 Å². The summed E-state index contributed by atoms with van der Waals surface area (Å²) in [6.45, 7) is 0. The van der Waals surface area contributed by atoms with Crippen LogP contribution in [0.25, 0.3) is 0 Å². The van der Waals surface area contributed by atoms with Gasteiger partial charge in [0.05, 0.1) is 5.02 Å². The van der Waals surface area contributed by atoms with Crippen LogP contribution in [0, 0.1) is 0 Å². The van der Waals surface area contributed by atoms with Crippen molar-refractivity contribution < 1.29 is 9.90 Å². The highest BCUT2D eigenvalue weighted by Crippen LogP contribution is 2.30. The van der Waals surface area contributed by atoms with Gasteiger partial charge in [0, 0.05) is 15.9 Å². The van der Waals surface area contributed by atoms with Crippen molar-refractivity contribution in [3.63, 3.8) is 0 Å². The second kappa shape index (κ2) is 5.18. The lowest BCUT2D eigenvalue weighted by Crippen LogP contribution is -2.42. The molecule has 0 radical (unpaired) electrons. The normalized spacial score (nSPS) is 23.7. The SMILES string of the molecule is O=C(Nc1ccc(Br)c(Cl)c1)C1(O)CCSC1. The molecule has 1 aliphatic rings. The molecule has 92 valence electrons. The van der Waals surface area contributed by atoms with Gasteiger partial charge in [0.25, 0.3) is 5.91 Å². The molecule has 17 heavy (non-hydrogen) atoms. The second-order valence-electron chi connectivity index (χ2n) is 3.92. The molecule has 0 aliphatic carbocycles. The number of thioether (sulfide) groups is 1. The van der Waals surface area contributed by atoms with Gasteiger partial charge < -0.3 is 10.4 Å². The lowest BCUT2D eigenvalue weighted by molar-refractivity contribution is -0.131. The number of nitrogens with one attached hydrogen (secondary N) is 1. The molecule has 1 amide bonds. The Bertz CT molecular complexity index is 449. The molecular weight excluding hydrogens is 326 g/mol.